The first-order chi connectivity index (χ1) is 16.5. The number of halogens is 3. The summed E-state index contributed by atoms with van der Waals surface area (Å²) in [5.41, 5.74) is 5.76. The number of aryl methyl sites for hydroxylation is 1. The lowest BCUT2D eigenvalue weighted by molar-refractivity contribution is -0.137. The summed E-state index contributed by atoms with van der Waals surface area (Å²) in [4.78, 5) is 26.8. The Morgan fingerprint density at radius 2 is 1.94 bits per heavy atom. The van der Waals surface area contributed by atoms with E-state index in [4.69, 9.17) is 5.73 Å². The molecule has 1 saturated heterocycles. The van der Waals surface area contributed by atoms with E-state index < -0.39 is 23.1 Å². The Morgan fingerprint density at radius 1 is 1.17 bits per heavy atom. The van der Waals surface area contributed by atoms with Crippen molar-refractivity contribution in [1.82, 2.24) is 34.9 Å². The second kappa shape index (κ2) is 7.92. The van der Waals surface area contributed by atoms with Gasteiger partial charge in [-0.2, -0.15) is 18.3 Å². The van der Waals surface area contributed by atoms with Gasteiger partial charge in [0.25, 0.3) is 0 Å². The third-order valence-corrected chi connectivity index (χ3v) is 6.93. The second-order valence-electron chi connectivity index (χ2n) is 9.64. The Morgan fingerprint density at radius 3 is 2.66 bits per heavy atom. The van der Waals surface area contributed by atoms with Crippen LogP contribution in [0.3, 0.4) is 0 Å². The van der Waals surface area contributed by atoms with Crippen LogP contribution in [0.25, 0.3) is 11.3 Å². The minimum atomic E-state index is -4.60. The van der Waals surface area contributed by atoms with Crippen molar-refractivity contribution in [2.24, 2.45) is 0 Å². The van der Waals surface area contributed by atoms with E-state index in [-0.39, 0.29) is 17.0 Å². The zero-order valence-electron chi connectivity index (χ0n) is 19.3. The van der Waals surface area contributed by atoms with E-state index in [9.17, 15) is 18.0 Å². The molecule has 2 aliphatic heterocycles. The molecule has 12 heteroatoms. The number of amides is 2. The van der Waals surface area contributed by atoms with Crippen LogP contribution in [0, 0.1) is 0 Å². The largest absolute Gasteiger partial charge is 0.419 e. The van der Waals surface area contributed by atoms with E-state index in [1.165, 1.54) is 12.5 Å². The number of nitrogens with two attached hydrogens (primary N) is 1. The standard InChI is InChI=1S/C23H25F3N8O/c1-21(2,17-3-6-28-13-30-17)31-20(35)33-7-4-22(12-33)5-8-34-18(22)10-16(32-34)14-9-15(23(24,25)26)19(27)29-11-14/h3,6,9-11,13H,4-5,7-8,12H2,1-2H3,(H2,27,29)(H,31,35)/t22-/m1/s1. The van der Waals surface area contributed by atoms with Gasteiger partial charge >= 0.3 is 12.2 Å². The van der Waals surface area contributed by atoms with Crippen LogP contribution in [0.1, 0.15) is 43.6 Å². The smallest absolute Gasteiger partial charge is 0.383 e. The molecule has 3 N–H and O–H groups in total. The molecule has 184 valence electrons. The summed E-state index contributed by atoms with van der Waals surface area (Å²) in [6, 6.07) is 4.36. The highest BCUT2D eigenvalue weighted by atomic mass is 19.4. The van der Waals surface area contributed by atoms with Gasteiger partial charge in [-0.3, -0.25) is 4.68 Å². The van der Waals surface area contributed by atoms with Gasteiger partial charge in [-0.05, 0) is 44.9 Å². The first-order valence-electron chi connectivity index (χ1n) is 11.2. The number of nitrogens with zero attached hydrogens (tertiary/aromatic N) is 6. The normalized spacial score (nSPS) is 19.9. The lowest BCUT2D eigenvalue weighted by Gasteiger charge is -2.29. The number of nitrogens with one attached hydrogen (secondary N) is 1. The number of fused-ring (bicyclic) bond motifs is 2. The fourth-order valence-electron chi connectivity index (χ4n) is 4.98. The Balaban J connectivity index is 1.36. The molecule has 5 rings (SSSR count). The molecule has 1 spiro atoms. The first-order valence-corrected chi connectivity index (χ1v) is 11.2. The minimum absolute atomic E-state index is 0.193. The summed E-state index contributed by atoms with van der Waals surface area (Å²) in [6.45, 7) is 5.45. The van der Waals surface area contributed by atoms with E-state index in [0.29, 0.717) is 31.0 Å². The first kappa shape index (κ1) is 23.1. The van der Waals surface area contributed by atoms with E-state index in [1.54, 1.807) is 17.2 Å². The van der Waals surface area contributed by atoms with Crippen LogP contribution in [0.15, 0.2) is 36.9 Å². The molecule has 35 heavy (non-hydrogen) atoms. The molecule has 1 atom stereocenters. The van der Waals surface area contributed by atoms with Gasteiger partial charge in [-0.25, -0.2) is 19.7 Å². The molecular weight excluding hydrogens is 461 g/mol. The summed E-state index contributed by atoms with van der Waals surface area (Å²) < 4.78 is 41.7. The number of urea groups is 1. The van der Waals surface area contributed by atoms with Crippen molar-refractivity contribution in [3.63, 3.8) is 0 Å². The highest BCUT2D eigenvalue weighted by Crippen LogP contribution is 2.44. The minimum Gasteiger partial charge on any atom is -0.383 e. The van der Waals surface area contributed by atoms with Crippen LogP contribution in [-0.4, -0.2) is 48.8 Å². The third kappa shape index (κ3) is 4.06. The van der Waals surface area contributed by atoms with Gasteiger partial charge in [0, 0.05) is 48.7 Å². The summed E-state index contributed by atoms with van der Waals surface area (Å²) in [7, 11) is 0. The summed E-state index contributed by atoms with van der Waals surface area (Å²) in [5, 5.41) is 7.59. The predicted octanol–water partition coefficient (Wildman–Crippen LogP) is 3.33. The fourth-order valence-corrected chi connectivity index (χ4v) is 4.98. The average molecular weight is 487 g/mol. The highest BCUT2D eigenvalue weighted by Gasteiger charge is 2.47. The van der Waals surface area contributed by atoms with Crippen molar-refractivity contribution >= 4 is 11.8 Å². The molecule has 0 bridgehead atoms. The van der Waals surface area contributed by atoms with Crippen LogP contribution in [0.4, 0.5) is 23.8 Å². The quantitative estimate of drug-likeness (QED) is 0.587. The molecule has 0 aromatic carbocycles. The lowest BCUT2D eigenvalue weighted by Crippen LogP contribution is -2.48. The summed E-state index contributed by atoms with van der Waals surface area (Å²) in [5.74, 6) is -0.563. The van der Waals surface area contributed by atoms with Gasteiger partial charge in [0.05, 0.1) is 22.5 Å². The topological polar surface area (TPSA) is 115 Å². The number of hydrogen-bond donors (Lipinski definition) is 2. The SMILES string of the molecule is CC(C)(NC(=O)N1CC[C@@]2(CCn3nc(-c4cnc(N)c(C(F)(F)F)c4)cc32)C1)c1ccncn1. The number of likely N-dealkylation sites (tertiary alicyclic amines) is 1. The number of aromatic nitrogens is 5. The number of hydrogen-bond acceptors (Lipinski definition) is 6. The van der Waals surface area contributed by atoms with Gasteiger partial charge in [-0.15, -0.1) is 0 Å². The molecule has 3 aromatic heterocycles. The van der Waals surface area contributed by atoms with Gasteiger partial charge in [0.15, 0.2) is 0 Å². The molecule has 9 nitrogen and oxygen atoms in total. The van der Waals surface area contributed by atoms with Gasteiger partial charge in [-0.1, -0.05) is 0 Å². The summed E-state index contributed by atoms with van der Waals surface area (Å²) in [6.07, 6.45) is 1.33. The molecule has 0 unspecified atom stereocenters. The zero-order valence-corrected chi connectivity index (χ0v) is 19.3. The van der Waals surface area contributed by atoms with Crippen LogP contribution in [0.5, 0.6) is 0 Å². The maximum absolute atomic E-state index is 13.3. The van der Waals surface area contributed by atoms with Crippen molar-refractivity contribution in [2.45, 2.75) is 50.4 Å². The van der Waals surface area contributed by atoms with Crippen LogP contribution in [0.2, 0.25) is 0 Å². The third-order valence-electron chi connectivity index (χ3n) is 6.93. The van der Waals surface area contributed by atoms with Gasteiger partial charge < -0.3 is 16.0 Å². The Hall–Kier alpha value is -3.70. The van der Waals surface area contributed by atoms with E-state index in [0.717, 1.165) is 24.6 Å². The molecule has 0 aliphatic carbocycles. The molecule has 0 radical (unpaired) electrons. The summed E-state index contributed by atoms with van der Waals surface area (Å²) >= 11 is 0. The van der Waals surface area contributed by atoms with Gasteiger partial charge in [0.1, 0.15) is 12.1 Å². The number of pyridine rings is 1. The number of rotatable bonds is 3. The van der Waals surface area contributed by atoms with E-state index >= 15 is 0 Å². The van der Waals surface area contributed by atoms with Gasteiger partial charge in [0.2, 0.25) is 0 Å². The van der Waals surface area contributed by atoms with Crippen molar-refractivity contribution in [3.05, 3.63) is 53.9 Å². The predicted molar refractivity (Wildman–Crippen MR) is 121 cm³/mol. The lowest BCUT2D eigenvalue weighted by atomic mass is 9.82. The zero-order chi connectivity index (χ0) is 25.0. The molecule has 0 saturated carbocycles. The fraction of sp³-hybridized carbons (Fsp3) is 0.435. The van der Waals surface area contributed by atoms with Crippen molar-refractivity contribution in [1.29, 1.82) is 0 Å². The van der Waals surface area contributed by atoms with E-state index in [2.05, 4.69) is 25.4 Å². The highest BCUT2D eigenvalue weighted by molar-refractivity contribution is 5.76. The molecule has 3 aromatic rings. The van der Waals surface area contributed by atoms with Crippen molar-refractivity contribution in [3.8, 4) is 11.3 Å². The number of carbonyl (C=O) groups is 1. The van der Waals surface area contributed by atoms with Crippen LogP contribution < -0.4 is 11.1 Å². The Labute approximate surface area is 199 Å². The monoisotopic (exact) mass is 486 g/mol. The molecular formula is C23H25F3N8O. The average Bonchev–Trinajstić information content (AvgIpc) is 3.51. The molecule has 2 aliphatic rings. The maximum Gasteiger partial charge on any atom is 0.419 e. The molecule has 5 heterocycles. The number of nitrogen functional groups attached to an aromatic ring is 1. The van der Waals surface area contributed by atoms with Crippen LogP contribution >= 0.6 is 0 Å². The Kier molecular flexibility index (Phi) is 5.22. The van der Waals surface area contributed by atoms with Crippen molar-refractivity contribution < 1.29 is 18.0 Å². The van der Waals surface area contributed by atoms with E-state index in [1.807, 2.05) is 24.6 Å². The molecule has 1 fully saturated rings. The number of carbonyl (C=O) groups excluding carboxylic acids is 1. The second-order valence-corrected chi connectivity index (χ2v) is 9.64. The number of alkyl halides is 3. The maximum atomic E-state index is 13.3. The van der Waals surface area contributed by atoms with Crippen LogP contribution in [-0.2, 0) is 23.7 Å². The molecule has 2 amide bonds. The number of anilines is 1. The van der Waals surface area contributed by atoms with Crippen molar-refractivity contribution in [2.75, 3.05) is 18.8 Å². The Bertz CT molecular complexity index is 1270.